The maximum absolute atomic E-state index is 12.6. The summed E-state index contributed by atoms with van der Waals surface area (Å²) in [5.74, 6) is -0.220. The first-order valence-corrected chi connectivity index (χ1v) is 9.31. The summed E-state index contributed by atoms with van der Waals surface area (Å²) in [6.45, 7) is 11.2. The Morgan fingerprint density at radius 1 is 1.30 bits per heavy atom. The highest BCUT2D eigenvalue weighted by molar-refractivity contribution is 5.82. The number of nitrogens with one attached hydrogen (secondary N) is 2. The monoisotopic (exact) mass is 374 g/mol. The molecule has 148 valence electrons. The summed E-state index contributed by atoms with van der Waals surface area (Å²) in [6, 6.07) is 8.64. The lowest BCUT2D eigenvalue weighted by Crippen LogP contribution is -2.51. The molecule has 1 saturated carbocycles. The van der Waals surface area contributed by atoms with Crippen molar-refractivity contribution >= 4 is 12.1 Å². The molecule has 0 aromatic heterocycles. The quantitative estimate of drug-likeness (QED) is 0.533. The van der Waals surface area contributed by atoms with Gasteiger partial charge in [-0.25, -0.2) is 9.59 Å². The van der Waals surface area contributed by atoms with E-state index in [9.17, 15) is 9.59 Å². The lowest BCUT2D eigenvalue weighted by atomic mass is 9.87. The number of hydroxylamine groups is 1. The van der Waals surface area contributed by atoms with E-state index in [0.29, 0.717) is 5.92 Å². The zero-order chi connectivity index (χ0) is 20.0. The Bertz CT molecular complexity index is 654. The highest BCUT2D eigenvalue weighted by atomic mass is 16.7. The van der Waals surface area contributed by atoms with Gasteiger partial charge in [-0.05, 0) is 30.7 Å². The maximum Gasteiger partial charge on any atom is 0.408 e. The summed E-state index contributed by atoms with van der Waals surface area (Å²) >= 11 is 0. The van der Waals surface area contributed by atoms with Gasteiger partial charge in [0.2, 0.25) is 0 Å². The molecule has 6 nitrogen and oxygen atoms in total. The molecule has 1 aliphatic rings. The van der Waals surface area contributed by atoms with Crippen molar-refractivity contribution in [3.05, 3.63) is 48.6 Å². The van der Waals surface area contributed by atoms with Gasteiger partial charge in [0.15, 0.2) is 0 Å². The van der Waals surface area contributed by atoms with E-state index in [1.807, 2.05) is 64.1 Å². The summed E-state index contributed by atoms with van der Waals surface area (Å²) in [4.78, 5) is 30.0. The van der Waals surface area contributed by atoms with Crippen LogP contribution in [0.25, 0.3) is 0 Å². The Hall–Kier alpha value is -2.34. The number of hydrogen-bond donors (Lipinski definition) is 2. The van der Waals surface area contributed by atoms with Gasteiger partial charge in [-0.1, -0.05) is 57.2 Å². The number of rotatable bonds is 8. The van der Waals surface area contributed by atoms with E-state index >= 15 is 0 Å². The van der Waals surface area contributed by atoms with Crippen molar-refractivity contribution in [3.63, 3.8) is 0 Å². The van der Waals surface area contributed by atoms with Crippen LogP contribution < -0.4 is 10.8 Å². The lowest BCUT2D eigenvalue weighted by molar-refractivity contribution is -0.158. The van der Waals surface area contributed by atoms with Gasteiger partial charge in [-0.15, -0.1) is 12.1 Å². The van der Waals surface area contributed by atoms with Crippen LogP contribution in [0.2, 0.25) is 0 Å². The number of allylic oxidation sites excluding steroid dienone is 1. The predicted molar refractivity (Wildman–Crippen MR) is 104 cm³/mol. The third-order valence-corrected chi connectivity index (χ3v) is 4.59. The minimum absolute atomic E-state index is 0.101. The fourth-order valence-corrected chi connectivity index (χ4v) is 2.76. The van der Waals surface area contributed by atoms with Crippen LogP contribution >= 0.6 is 0 Å². The molecule has 27 heavy (non-hydrogen) atoms. The van der Waals surface area contributed by atoms with Crippen molar-refractivity contribution in [1.29, 1.82) is 0 Å². The largest absolute Gasteiger partial charge is 0.446 e. The maximum atomic E-state index is 12.6. The van der Waals surface area contributed by atoms with E-state index in [1.54, 1.807) is 0 Å². The van der Waals surface area contributed by atoms with E-state index in [2.05, 4.69) is 17.4 Å². The zero-order valence-electron chi connectivity index (χ0n) is 16.5. The molecule has 1 aromatic rings. The molecule has 6 heteroatoms. The van der Waals surface area contributed by atoms with Gasteiger partial charge in [0.25, 0.3) is 0 Å². The Balaban J connectivity index is 1.88. The standard InChI is InChI=1S/C21H30N2O4/c1-6-10-16-13-17(16)26-20(25)22-18(21(3,4)5)19(24)27-23-14(2)15-11-8-7-9-12-15/h6-9,11-12,14,16-18,23H,1,10,13H2,2-5H3,(H,22,25)/t14-,16+,17+,18+/m0/s1. The van der Waals surface area contributed by atoms with Crippen LogP contribution in [-0.2, 0) is 14.4 Å². The van der Waals surface area contributed by atoms with E-state index in [4.69, 9.17) is 9.57 Å². The molecule has 1 aromatic carbocycles. The van der Waals surface area contributed by atoms with Gasteiger partial charge in [-0.3, -0.25) is 0 Å². The number of amides is 1. The second-order valence-electron chi connectivity index (χ2n) is 8.08. The van der Waals surface area contributed by atoms with Gasteiger partial charge in [0, 0.05) is 5.92 Å². The zero-order valence-corrected chi connectivity index (χ0v) is 16.5. The molecular formula is C21H30N2O4. The highest BCUT2D eigenvalue weighted by Crippen LogP contribution is 2.37. The van der Waals surface area contributed by atoms with Crippen molar-refractivity contribution in [2.75, 3.05) is 0 Å². The van der Waals surface area contributed by atoms with Gasteiger partial charge < -0.3 is 14.9 Å². The van der Waals surface area contributed by atoms with Crippen LogP contribution in [-0.4, -0.2) is 24.2 Å². The molecule has 2 N–H and O–H groups in total. The van der Waals surface area contributed by atoms with Crippen molar-refractivity contribution in [1.82, 2.24) is 10.8 Å². The first-order valence-electron chi connectivity index (χ1n) is 9.31. The van der Waals surface area contributed by atoms with Crippen molar-refractivity contribution in [3.8, 4) is 0 Å². The average molecular weight is 374 g/mol. The molecule has 0 bridgehead atoms. The summed E-state index contributed by atoms with van der Waals surface area (Å²) < 4.78 is 5.37. The Morgan fingerprint density at radius 3 is 2.56 bits per heavy atom. The lowest BCUT2D eigenvalue weighted by Gasteiger charge is -2.29. The summed E-state index contributed by atoms with van der Waals surface area (Å²) in [5.41, 5.74) is 3.21. The fraction of sp³-hybridized carbons (Fsp3) is 0.524. The van der Waals surface area contributed by atoms with Crippen LogP contribution in [0.3, 0.4) is 0 Å². The smallest absolute Gasteiger partial charge is 0.408 e. The van der Waals surface area contributed by atoms with Gasteiger partial charge in [0.05, 0.1) is 6.04 Å². The van der Waals surface area contributed by atoms with Crippen molar-refractivity contribution < 1.29 is 19.2 Å². The summed E-state index contributed by atoms with van der Waals surface area (Å²) in [5, 5.41) is 2.65. The second kappa shape index (κ2) is 9.04. The third-order valence-electron chi connectivity index (χ3n) is 4.59. The molecule has 0 unspecified atom stereocenters. The number of carbonyl (C=O) groups excluding carboxylic acids is 2. The van der Waals surface area contributed by atoms with E-state index < -0.39 is 23.5 Å². The van der Waals surface area contributed by atoms with E-state index in [-0.39, 0.29) is 12.1 Å². The van der Waals surface area contributed by atoms with Crippen LogP contribution in [0.4, 0.5) is 4.79 Å². The minimum Gasteiger partial charge on any atom is -0.446 e. The number of hydrogen-bond acceptors (Lipinski definition) is 5. The van der Waals surface area contributed by atoms with Gasteiger partial charge in [-0.2, -0.15) is 0 Å². The van der Waals surface area contributed by atoms with Gasteiger partial charge >= 0.3 is 12.1 Å². The van der Waals surface area contributed by atoms with Crippen molar-refractivity contribution in [2.24, 2.45) is 11.3 Å². The van der Waals surface area contributed by atoms with Crippen LogP contribution in [0.5, 0.6) is 0 Å². The van der Waals surface area contributed by atoms with E-state index in [0.717, 1.165) is 18.4 Å². The Morgan fingerprint density at radius 2 is 1.96 bits per heavy atom. The summed E-state index contributed by atoms with van der Waals surface area (Å²) in [6.07, 6.45) is 2.78. The topological polar surface area (TPSA) is 76.7 Å². The van der Waals surface area contributed by atoms with E-state index in [1.165, 1.54) is 0 Å². The first kappa shape index (κ1) is 21.0. The molecular weight excluding hydrogens is 344 g/mol. The molecule has 0 saturated heterocycles. The summed E-state index contributed by atoms with van der Waals surface area (Å²) in [7, 11) is 0. The second-order valence-corrected chi connectivity index (χ2v) is 8.08. The first-order chi connectivity index (χ1) is 12.7. The minimum atomic E-state index is -0.836. The van der Waals surface area contributed by atoms with Gasteiger partial charge in [0.1, 0.15) is 12.1 Å². The third kappa shape index (κ3) is 6.40. The average Bonchev–Trinajstić information content (AvgIpc) is 3.34. The molecule has 1 fully saturated rings. The SMILES string of the molecule is C=CC[C@@H]1C[C@H]1OC(=O)N[C@H](C(=O)ON[C@@H](C)c1ccccc1)C(C)(C)C. The van der Waals surface area contributed by atoms with Crippen LogP contribution in [0.1, 0.15) is 52.1 Å². The Kier molecular flexibility index (Phi) is 7.02. The number of ether oxygens (including phenoxy) is 1. The number of alkyl carbamates (subject to hydrolysis) is 1. The molecule has 0 spiro atoms. The normalized spacial score (nSPS) is 20.9. The van der Waals surface area contributed by atoms with Crippen LogP contribution in [0, 0.1) is 11.3 Å². The molecule has 0 heterocycles. The molecule has 1 aliphatic carbocycles. The molecule has 4 atom stereocenters. The molecule has 2 rings (SSSR count). The number of benzene rings is 1. The Labute approximate surface area is 161 Å². The van der Waals surface area contributed by atoms with Crippen LogP contribution in [0.15, 0.2) is 43.0 Å². The predicted octanol–water partition coefficient (Wildman–Crippen LogP) is 3.90. The highest BCUT2D eigenvalue weighted by Gasteiger charge is 2.41. The number of carbonyl (C=O) groups is 2. The van der Waals surface area contributed by atoms with Crippen molar-refractivity contribution in [2.45, 2.75) is 58.7 Å². The molecule has 0 radical (unpaired) electrons. The molecule has 1 amide bonds. The fourth-order valence-electron chi connectivity index (χ4n) is 2.76. The molecule has 0 aliphatic heterocycles.